The van der Waals surface area contributed by atoms with Gasteiger partial charge in [-0.3, -0.25) is 14.4 Å². The van der Waals surface area contributed by atoms with Crippen molar-refractivity contribution in [3.63, 3.8) is 0 Å². The summed E-state index contributed by atoms with van der Waals surface area (Å²) < 4.78 is 5.92. The van der Waals surface area contributed by atoms with Crippen molar-refractivity contribution in [2.24, 2.45) is 5.92 Å². The van der Waals surface area contributed by atoms with Crippen molar-refractivity contribution >= 4 is 40.8 Å². The molecule has 1 N–H and O–H groups in total. The van der Waals surface area contributed by atoms with Crippen molar-refractivity contribution in [1.29, 1.82) is 0 Å². The molecule has 0 unspecified atom stereocenters. The Bertz CT molecular complexity index is 1850. The van der Waals surface area contributed by atoms with Crippen molar-refractivity contribution in [1.82, 2.24) is 4.90 Å². The highest BCUT2D eigenvalue weighted by molar-refractivity contribution is 6.34. The van der Waals surface area contributed by atoms with Crippen LogP contribution in [-0.4, -0.2) is 35.0 Å². The summed E-state index contributed by atoms with van der Waals surface area (Å²) >= 11 is 6.59. The van der Waals surface area contributed by atoms with Crippen LogP contribution in [-0.2, 0) is 10.2 Å². The first-order chi connectivity index (χ1) is 21.0. The number of hydrogen-bond donors (Lipinski definition) is 1. The quantitative estimate of drug-likeness (QED) is 0.189. The number of halogens is 1. The van der Waals surface area contributed by atoms with Gasteiger partial charge >= 0.3 is 0 Å². The van der Waals surface area contributed by atoms with Crippen LogP contribution in [0.2, 0.25) is 5.02 Å². The SMILES string of the molecule is C=CCOc1ccccc1C(=O)[C@@H]1[C@H](C(=O)c2ccccc2Cl)N2C=Cc3ccccc3[C@H]2[C@]12C(=O)Nc1ccccc12. The molecular formula is C36H27ClN2O4. The first-order valence-electron chi connectivity index (χ1n) is 14.1. The number of hydrogen-bond acceptors (Lipinski definition) is 5. The average molecular weight is 587 g/mol. The molecule has 1 amide bonds. The Kier molecular flexibility index (Phi) is 6.51. The number of carbonyl (C=O) groups is 3. The smallest absolute Gasteiger partial charge is 0.238 e. The lowest BCUT2D eigenvalue weighted by atomic mass is 9.62. The maximum atomic E-state index is 15.1. The van der Waals surface area contributed by atoms with Crippen LogP contribution in [0, 0.1) is 5.92 Å². The first kappa shape index (κ1) is 26.9. The number of rotatable bonds is 7. The molecular weight excluding hydrogens is 560 g/mol. The van der Waals surface area contributed by atoms with Gasteiger partial charge < -0.3 is 15.0 Å². The molecule has 0 saturated carbocycles. The average Bonchev–Trinajstić information content (AvgIpc) is 3.52. The Hall–Kier alpha value is -4.94. The van der Waals surface area contributed by atoms with Crippen LogP contribution in [0.25, 0.3) is 6.08 Å². The number of para-hydroxylation sites is 2. The van der Waals surface area contributed by atoms with Crippen LogP contribution >= 0.6 is 11.6 Å². The second-order valence-corrected chi connectivity index (χ2v) is 11.3. The van der Waals surface area contributed by atoms with E-state index >= 15 is 4.79 Å². The van der Waals surface area contributed by atoms with Gasteiger partial charge in [0.25, 0.3) is 0 Å². The minimum atomic E-state index is -1.44. The first-order valence-corrected chi connectivity index (χ1v) is 14.5. The summed E-state index contributed by atoms with van der Waals surface area (Å²) in [5.41, 5.74) is 2.23. The van der Waals surface area contributed by atoms with Gasteiger partial charge in [0.1, 0.15) is 23.8 Å². The monoisotopic (exact) mass is 586 g/mol. The van der Waals surface area contributed by atoms with Gasteiger partial charge in [-0.05, 0) is 53.1 Å². The molecule has 4 atom stereocenters. The molecule has 0 aliphatic carbocycles. The van der Waals surface area contributed by atoms with Gasteiger partial charge in [-0.25, -0.2) is 0 Å². The molecule has 0 bridgehead atoms. The molecule has 0 aromatic heterocycles. The molecule has 7 heteroatoms. The predicted octanol–water partition coefficient (Wildman–Crippen LogP) is 6.89. The highest BCUT2D eigenvalue weighted by atomic mass is 35.5. The van der Waals surface area contributed by atoms with Crippen molar-refractivity contribution in [2.75, 3.05) is 11.9 Å². The Labute approximate surface area is 254 Å². The fourth-order valence-corrected chi connectivity index (χ4v) is 7.33. The van der Waals surface area contributed by atoms with E-state index in [4.69, 9.17) is 16.3 Å². The van der Waals surface area contributed by atoms with Gasteiger partial charge in [-0.2, -0.15) is 0 Å². The molecule has 1 saturated heterocycles. The highest BCUT2D eigenvalue weighted by Gasteiger charge is 2.71. The lowest BCUT2D eigenvalue weighted by molar-refractivity contribution is -0.122. The van der Waals surface area contributed by atoms with E-state index in [0.717, 1.165) is 11.1 Å². The molecule has 1 fully saturated rings. The zero-order valence-corrected chi connectivity index (χ0v) is 23.8. The number of benzene rings is 4. The fourth-order valence-electron chi connectivity index (χ4n) is 7.10. The standard InChI is InChI=1S/C36H27ClN2O4/c1-2-21-43-29-18-10-6-14-25(29)32(40)30-31(33(41)24-13-5-8-16-27(24)37)39-20-19-22-11-3-4-12-23(22)34(39)36(30)26-15-7-9-17-28(26)38-35(36)42/h2-20,30-31,34H,1,21H2,(H,38,42)/t30-,31+,34-,36+/m0/s1. The summed E-state index contributed by atoms with van der Waals surface area (Å²) in [4.78, 5) is 46.3. The van der Waals surface area contributed by atoms with Gasteiger partial charge in [0.15, 0.2) is 11.6 Å². The molecule has 1 spiro atoms. The topological polar surface area (TPSA) is 75.7 Å². The van der Waals surface area contributed by atoms with E-state index in [1.807, 2.05) is 65.7 Å². The molecule has 4 aromatic rings. The van der Waals surface area contributed by atoms with Crippen molar-refractivity contribution in [3.05, 3.63) is 149 Å². The molecule has 6 nitrogen and oxygen atoms in total. The minimum Gasteiger partial charge on any atom is -0.489 e. The second kappa shape index (κ2) is 10.4. The van der Waals surface area contributed by atoms with Gasteiger partial charge in [-0.1, -0.05) is 91.0 Å². The van der Waals surface area contributed by atoms with E-state index < -0.39 is 23.4 Å². The summed E-state index contributed by atoms with van der Waals surface area (Å²) in [6.07, 6.45) is 5.37. The maximum Gasteiger partial charge on any atom is 0.238 e. The number of fused-ring (bicyclic) bond motifs is 6. The molecule has 3 aliphatic heterocycles. The van der Waals surface area contributed by atoms with E-state index in [2.05, 4.69) is 11.9 Å². The molecule has 43 heavy (non-hydrogen) atoms. The summed E-state index contributed by atoms with van der Waals surface area (Å²) in [5, 5.41) is 3.35. The number of nitrogens with one attached hydrogen (secondary N) is 1. The van der Waals surface area contributed by atoms with Crippen LogP contribution in [0.15, 0.2) is 116 Å². The van der Waals surface area contributed by atoms with Crippen molar-refractivity contribution in [2.45, 2.75) is 17.5 Å². The zero-order valence-electron chi connectivity index (χ0n) is 23.1. The number of amides is 1. The molecule has 4 aromatic carbocycles. The number of Topliss-reactive ketones (excluding diaryl/α,β-unsaturated/α-hetero) is 2. The van der Waals surface area contributed by atoms with Gasteiger partial charge in [0.05, 0.1) is 22.5 Å². The van der Waals surface area contributed by atoms with Crippen LogP contribution < -0.4 is 10.1 Å². The normalized spacial score (nSPS) is 22.9. The third-order valence-corrected chi connectivity index (χ3v) is 9.10. The van der Waals surface area contributed by atoms with Crippen molar-refractivity contribution in [3.8, 4) is 5.75 Å². The number of anilines is 1. The summed E-state index contributed by atoms with van der Waals surface area (Å²) in [7, 11) is 0. The van der Waals surface area contributed by atoms with E-state index in [9.17, 15) is 9.59 Å². The summed E-state index contributed by atoms with van der Waals surface area (Å²) in [6.45, 7) is 3.92. The number of nitrogens with zero attached hydrogens (tertiary/aromatic N) is 1. The van der Waals surface area contributed by atoms with Gasteiger partial charge in [0, 0.05) is 17.5 Å². The molecule has 3 aliphatic rings. The Morgan fingerprint density at radius 2 is 1.60 bits per heavy atom. The third-order valence-electron chi connectivity index (χ3n) is 8.77. The van der Waals surface area contributed by atoms with Gasteiger partial charge in [0.2, 0.25) is 5.91 Å². The minimum absolute atomic E-state index is 0.191. The lowest BCUT2D eigenvalue weighted by Gasteiger charge is -2.38. The van der Waals surface area contributed by atoms with Crippen LogP contribution in [0.3, 0.4) is 0 Å². The Balaban J connectivity index is 1.54. The number of carbonyl (C=O) groups excluding carboxylic acids is 3. The summed E-state index contributed by atoms with van der Waals surface area (Å²) in [5.74, 6) is -1.80. The lowest BCUT2D eigenvalue weighted by Crippen LogP contribution is -2.49. The Morgan fingerprint density at radius 1 is 0.907 bits per heavy atom. The van der Waals surface area contributed by atoms with Crippen molar-refractivity contribution < 1.29 is 19.1 Å². The van der Waals surface area contributed by atoms with Crippen LogP contribution in [0.5, 0.6) is 5.75 Å². The largest absolute Gasteiger partial charge is 0.489 e. The number of ether oxygens (including phenoxy) is 1. The van der Waals surface area contributed by atoms with E-state index in [0.29, 0.717) is 22.6 Å². The van der Waals surface area contributed by atoms with E-state index in [1.165, 1.54) is 0 Å². The maximum absolute atomic E-state index is 15.1. The van der Waals surface area contributed by atoms with E-state index in [-0.39, 0.29) is 34.7 Å². The van der Waals surface area contributed by atoms with Gasteiger partial charge in [-0.15, -0.1) is 0 Å². The fraction of sp³-hybridized carbons (Fsp3) is 0.139. The molecule has 7 rings (SSSR count). The molecule has 3 heterocycles. The van der Waals surface area contributed by atoms with Crippen LogP contribution in [0.1, 0.15) is 43.4 Å². The zero-order chi connectivity index (χ0) is 29.7. The molecule has 0 radical (unpaired) electrons. The summed E-state index contributed by atoms with van der Waals surface area (Å²) in [6, 6.07) is 27.3. The Morgan fingerprint density at radius 3 is 2.42 bits per heavy atom. The highest BCUT2D eigenvalue weighted by Crippen LogP contribution is 2.62. The second-order valence-electron chi connectivity index (χ2n) is 10.9. The number of ketones is 2. The van der Waals surface area contributed by atoms with Crippen LogP contribution in [0.4, 0.5) is 5.69 Å². The third kappa shape index (κ3) is 3.90. The molecule has 212 valence electrons. The van der Waals surface area contributed by atoms with E-state index in [1.54, 1.807) is 54.6 Å². The predicted molar refractivity (Wildman–Crippen MR) is 166 cm³/mol.